The molecule has 20 heavy (non-hydrogen) atoms. The highest BCUT2D eigenvalue weighted by atomic mass is 16.5. The number of rotatable bonds is 5. The van der Waals surface area contributed by atoms with E-state index in [4.69, 9.17) is 10.6 Å². The van der Waals surface area contributed by atoms with Crippen molar-refractivity contribution in [1.82, 2.24) is 0 Å². The van der Waals surface area contributed by atoms with Crippen LogP contribution in [0.15, 0.2) is 48.5 Å². The van der Waals surface area contributed by atoms with Crippen molar-refractivity contribution in [2.75, 3.05) is 17.9 Å². The minimum Gasteiger partial charge on any atom is -0.380 e. The Morgan fingerprint density at radius 1 is 1.20 bits per heavy atom. The number of para-hydroxylation sites is 1. The van der Waals surface area contributed by atoms with Gasteiger partial charge in [0.25, 0.3) is 5.91 Å². The number of nitrogens with two attached hydrogens (primary N) is 1. The molecule has 0 atom stereocenters. The molecule has 0 radical (unpaired) electrons. The molecule has 2 aromatic rings. The van der Waals surface area contributed by atoms with Crippen LogP contribution >= 0.6 is 0 Å². The van der Waals surface area contributed by atoms with E-state index < -0.39 is 0 Å². The standard InChI is InChI=1S/C15H17N3O2/c1-20-10-11-5-4-6-12(9-11)17-15(19)13-7-2-3-8-14(13)18-16/h2-9,18H,10,16H2,1H3,(H,17,19). The molecule has 1 amide bonds. The second-order valence-corrected chi connectivity index (χ2v) is 4.28. The Hall–Kier alpha value is -2.37. The SMILES string of the molecule is COCc1cccc(NC(=O)c2ccccc2NN)c1. The largest absolute Gasteiger partial charge is 0.380 e. The third-order valence-electron chi connectivity index (χ3n) is 2.82. The van der Waals surface area contributed by atoms with Crippen LogP contribution in [0.25, 0.3) is 0 Å². The van der Waals surface area contributed by atoms with Gasteiger partial charge in [0.05, 0.1) is 17.9 Å². The van der Waals surface area contributed by atoms with Crippen molar-refractivity contribution in [3.63, 3.8) is 0 Å². The highest BCUT2D eigenvalue weighted by molar-refractivity contribution is 6.08. The van der Waals surface area contributed by atoms with Crippen molar-refractivity contribution in [1.29, 1.82) is 0 Å². The number of amides is 1. The lowest BCUT2D eigenvalue weighted by Gasteiger charge is -2.10. The topological polar surface area (TPSA) is 76.4 Å². The Bertz CT molecular complexity index is 599. The molecule has 0 aliphatic carbocycles. The Labute approximate surface area is 117 Å². The van der Waals surface area contributed by atoms with E-state index in [2.05, 4.69) is 10.7 Å². The van der Waals surface area contributed by atoms with Gasteiger partial charge in [-0.2, -0.15) is 0 Å². The molecule has 0 aromatic heterocycles. The van der Waals surface area contributed by atoms with E-state index in [9.17, 15) is 4.79 Å². The number of benzene rings is 2. The Kier molecular flexibility index (Phi) is 4.70. The van der Waals surface area contributed by atoms with Gasteiger partial charge in [0.15, 0.2) is 0 Å². The van der Waals surface area contributed by atoms with Crippen LogP contribution < -0.4 is 16.6 Å². The lowest BCUT2D eigenvalue weighted by molar-refractivity contribution is 0.102. The van der Waals surface area contributed by atoms with E-state index in [0.29, 0.717) is 17.9 Å². The van der Waals surface area contributed by atoms with Crippen LogP contribution in [0, 0.1) is 0 Å². The molecule has 4 N–H and O–H groups in total. The second-order valence-electron chi connectivity index (χ2n) is 4.28. The van der Waals surface area contributed by atoms with Crippen molar-refractivity contribution >= 4 is 17.3 Å². The quantitative estimate of drug-likeness (QED) is 0.576. The predicted molar refractivity (Wildman–Crippen MR) is 79.4 cm³/mol. The lowest BCUT2D eigenvalue weighted by atomic mass is 10.1. The summed E-state index contributed by atoms with van der Waals surface area (Å²) < 4.78 is 5.07. The first-order chi connectivity index (χ1) is 9.74. The van der Waals surface area contributed by atoms with E-state index in [0.717, 1.165) is 11.3 Å². The zero-order chi connectivity index (χ0) is 14.4. The van der Waals surface area contributed by atoms with Gasteiger partial charge < -0.3 is 15.5 Å². The molecular formula is C15H17N3O2. The molecular weight excluding hydrogens is 254 g/mol. The molecule has 0 heterocycles. The third-order valence-corrected chi connectivity index (χ3v) is 2.82. The number of methoxy groups -OCH3 is 1. The van der Waals surface area contributed by atoms with E-state index in [1.165, 1.54) is 0 Å². The highest BCUT2D eigenvalue weighted by Gasteiger charge is 2.10. The molecule has 0 fully saturated rings. The lowest BCUT2D eigenvalue weighted by Crippen LogP contribution is -2.17. The summed E-state index contributed by atoms with van der Waals surface area (Å²) in [5, 5.41) is 2.84. The van der Waals surface area contributed by atoms with Crippen LogP contribution in [0.1, 0.15) is 15.9 Å². The molecule has 0 aliphatic heterocycles. The minimum absolute atomic E-state index is 0.215. The molecule has 5 nitrogen and oxygen atoms in total. The smallest absolute Gasteiger partial charge is 0.257 e. The number of hydrogen-bond acceptors (Lipinski definition) is 4. The number of carbonyl (C=O) groups is 1. The average Bonchev–Trinajstić information content (AvgIpc) is 2.48. The zero-order valence-electron chi connectivity index (χ0n) is 11.2. The van der Waals surface area contributed by atoms with Gasteiger partial charge in [-0.25, -0.2) is 0 Å². The van der Waals surface area contributed by atoms with Crippen LogP contribution in [0.5, 0.6) is 0 Å². The van der Waals surface area contributed by atoms with Gasteiger partial charge >= 0.3 is 0 Å². The van der Waals surface area contributed by atoms with Gasteiger partial charge in [-0.05, 0) is 29.8 Å². The molecule has 0 spiro atoms. The normalized spacial score (nSPS) is 10.1. The summed E-state index contributed by atoms with van der Waals surface area (Å²) in [5.41, 5.74) is 5.30. The molecule has 104 valence electrons. The maximum atomic E-state index is 12.2. The van der Waals surface area contributed by atoms with Crippen LogP contribution in [-0.4, -0.2) is 13.0 Å². The predicted octanol–water partition coefficient (Wildman–Crippen LogP) is 2.37. The van der Waals surface area contributed by atoms with E-state index in [1.807, 2.05) is 30.3 Å². The first kappa shape index (κ1) is 14.0. The van der Waals surface area contributed by atoms with Crippen LogP contribution in [0.2, 0.25) is 0 Å². The molecule has 0 saturated carbocycles. The third kappa shape index (κ3) is 3.34. The van der Waals surface area contributed by atoms with Gasteiger partial charge in [-0.3, -0.25) is 10.6 Å². The van der Waals surface area contributed by atoms with Crippen molar-refractivity contribution in [3.8, 4) is 0 Å². The molecule has 0 aliphatic rings. The summed E-state index contributed by atoms with van der Waals surface area (Å²) in [4.78, 5) is 12.2. The number of ether oxygens (including phenoxy) is 1. The van der Waals surface area contributed by atoms with Gasteiger partial charge in [0.2, 0.25) is 0 Å². The molecule has 0 bridgehead atoms. The molecule has 2 aromatic carbocycles. The van der Waals surface area contributed by atoms with Gasteiger partial charge in [-0.1, -0.05) is 24.3 Å². The van der Waals surface area contributed by atoms with Crippen molar-refractivity contribution < 1.29 is 9.53 Å². The minimum atomic E-state index is -0.215. The number of anilines is 2. The van der Waals surface area contributed by atoms with Crippen LogP contribution in [0.3, 0.4) is 0 Å². The number of nitrogen functional groups attached to an aromatic ring is 1. The summed E-state index contributed by atoms with van der Waals surface area (Å²) in [6.45, 7) is 0.505. The van der Waals surface area contributed by atoms with Crippen molar-refractivity contribution in [2.45, 2.75) is 6.61 Å². The van der Waals surface area contributed by atoms with Gasteiger partial charge in [0.1, 0.15) is 0 Å². The summed E-state index contributed by atoms with van der Waals surface area (Å²) in [6.07, 6.45) is 0. The van der Waals surface area contributed by atoms with Crippen LogP contribution in [0.4, 0.5) is 11.4 Å². The van der Waals surface area contributed by atoms with E-state index in [1.54, 1.807) is 25.3 Å². The van der Waals surface area contributed by atoms with Crippen LogP contribution in [-0.2, 0) is 11.3 Å². The van der Waals surface area contributed by atoms with E-state index in [-0.39, 0.29) is 5.91 Å². The molecule has 0 saturated heterocycles. The van der Waals surface area contributed by atoms with Gasteiger partial charge in [0, 0.05) is 12.8 Å². The maximum absolute atomic E-state index is 12.2. The molecule has 0 unspecified atom stereocenters. The summed E-state index contributed by atoms with van der Waals surface area (Å²) in [7, 11) is 1.63. The van der Waals surface area contributed by atoms with Crippen molar-refractivity contribution in [2.24, 2.45) is 5.84 Å². The fourth-order valence-electron chi connectivity index (χ4n) is 1.91. The van der Waals surface area contributed by atoms with E-state index >= 15 is 0 Å². The first-order valence-electron chi connectivity index (χ1n) is 6.19. The summed E-state index contributed by atoms with van der Waals surface area (Å²) in [6, 6.07) is 14.6. The fraction of sp³-hybridized carbons (Fsp3) is 0.133. The van der Waals surface area contributed by atoms with Gasteiger partial charge in [-0.15, -0.1) is 0 Å². The number of hydrogen-bond donors (Lipinski definition) is 3. The summed E-state index contributed by atoms with van der Waals surface area (Å²) >= 11 is 0. The maximum Gasteiger partial charge on any atom is 0.257 e. The average molecular weight is 271 g/mol. The zero-order valence-corrected chi connectivity index (χ0v) is 11.2. The number of hydrazine groups is 1. The monoisotopic (exact) mass is 271 g/mol. The fourth-order valence-corrected chi connectivity index (χ4v) is 1.91. The number of nitrogens with one attached hydrogen (secondary N) is 2. The highest BCUT2D eigenvalue weighted by Crippen LogP contribution is 2.17. The first-order valence-corrected chi connectivity index (χ1v) is 6.19. The number of carbonyl (C=O) groups excluding carboxylic acids is 1. The molecule has 5 heteroatoms. The molecule has 2 rings (SSSR count). The van der Waals surface area contributed by atoms with Crippen molar-refractivity contribution in [3.05, 3.63) is 59.7 Å². The Morgan fingerprint density at radius 2 is 2.00 bits per heavy atom. The Balaban J connectivity index is 2.17. The second kappa shape index (κ2) is 6.70. The Morgan fingerprint density at radius 3 is 2.75 bits per heavy atom. The summed E-state index contributed by atoms with van der Waals surface area (Å²) in [5.74, 6) is 5.18.